The number of thiazole rings is 1. The first-order valence-corrected chi connectivity index (χ1v) is 13.4. The lowest BCUT2D eigenvalue weighted by Crippen LogP contribution is -2.34. The molecule has 8 nitrogen and oxygen atoms in total. The van der Waals surface area contributed by atoms with Crippen LogP contribution in [0.15, 0.2) is 41.3 Å². The van der Waals surface area contributed by atoms with Gasteiger partial charge in [0, 0.05) is 13.0 Å². The molecule has 0 radical (unpaired) electrons. The van der Waals surface area contributed by atoms with Gasteiger partial charge >= 0.3 is 0 Å². The van der Waals surface area contributed by atoms with Gasteiger partial charge in [0.25, 0.3) is 0 Å². The van der Waals surface area contributed by atoms with Crippen LogP contribution in [0.3, 0.4) is 0 Å². The van der Waals surface area contributed by atoms with Crippen LogP contribution in [0.4, 0.5) is 5.13 Å². The van der Waals surface area contributed by atoms with Crippen LogP contribution in [0, 0.1) is 6.92 Å². The number of fused-ring (bicyclic) bond motifs is 1. The lowest BCUT2D eigenvalue weighted by molar-refractivity contribution is -0.118. The van der Waals surface area contributed by atoms with Crippen molar-refractivity contribution >= 4 is 42.4 Å². The maximum Gasteiger partial charge on any atom is 0.229 e. The molecular weight excluding hydrogens is 474 g/mol. The van der Waals surface area contributed by atoms with Gasteiger partial charge in [-0.15, -0.1) is 0 Å². The number of nitrogens with zero attached hydrogens (tertiary/aromatic N) is 3. The number of anilines is 1. The smallest absolute Gasteiger partial charge is 0.229 e. The number of carbonyl (C=O) groups excluding carboxylic acids is 1. The average molecular weight is 506 g/mol. The van der Waals surface area contributed by atoms with Gasteiger partial charge in [-0.3, -0.25) is 9.69 Å². The van der Waals surface area contributed by atoms with Crippen LogP contribution >= 0.6 is 11.3 Å². The Kier molecular flexibility index (Phi) is 8.51. The predicted octanol–water partition coefficient (Wildman–Crippen LogP) is 3.77. The maximum atomic E-state index is 13.3. The molecule has 0 aliphatic carbocycles. The highest BCUT2D eigenvalue weighted by Crippen LogP contribution is 2.36. The van der Waals surface area contributed by atoms with E-state index < -0.39 is 9.84 Å². The number of aromatic nitrogens is 1. The summed E-state index contributed by atoms with van der Waals surface area (Å²) in [6.07, 6.45) is 0.596. The van der Waals surface area contributed by atoms with E-state index in [1.807, 2.05) is 38.1 Å². The molecule has 2 aromatic carbocycles. The van der Waals surface area contributed by atoms with E-state index in [9.17, 15) is 13.2 Å². The second-order valence-corrected chi connectivity index (χ2v) is 11.3. The van der Waals surface area contributed by atoms with Gasteiger partial charge in [0.05, 0.1) is 29.6 Å². The van der Waals surface area contributed by atoms with E-state index in [-0.39, 0.29) is 23.0 Å². The highest BCUT2D eigenvalue weighted by molar-refractivity contribution is 7.91. The molecule has 1 aromatic heterocycles. The Bertz CT molecular complexity index is 1240. The molecule has 1 amide bonds. The molecule has 10 heteroatoms. The van der Waals surface area contributed by atoms with Gasteiger partial charge in [-0.25, -0.2) is 13.4 Å². The summed E-state index contributed by atoms with van der Waals surface area (Å²) in [5.41, 5.74) is 1.75. The molecule has 3 rings (SSSR count). The Morgan fingerprint density at radius 2 is 1.74 bits per heavy atom. The third kappa shape index (κ3) is 6.05. The lowest BCUT2D eigenvalue weighted by Gasteiger charge is -2.21. The summed E-state index contributed by atoms with van der Waals surface area (Å²) < 4.78 is 37.1. The summed E-state index contributed by atoms with van der Waals surface area (Å²) in [6.45, 7) is 3.23. The quantitative estimate of drug-likeness (QED) is 0.392. The fourth-order valence-electron chi connectivity index (χ4n) is 3.51. The topological polar surface area (TPSA) is 89.0 Å². The molecule has 34 heavy (non-hydrogen) atoms. The highest BCUT2D eigenvalue weighted by Gasteiger charge is 2.24. The molecule has 0 aliphatic rings. The SMILES string of the molecule is COc1ccc(S(=O)(=O)CCC(=O)N(CCCN(C)C)c2nc3c(OC)ccc(C)c3s2)cc1. The summed E-state index contributed by atoms with van der Waals surface area (Å²) in [7, 11) is 3.43. The van der Waals surface area contributed by atoms with Crippen LogP contribution in [0.5, 0.6) is 11.5 Å². The number of ether oxygens (including phenoxy) is 2. The summed E-state index contributed by atoms with van der Waals surface area (Å²) in [5, 5.41) is 0.549. The highest BCUT2D eigenvalue weighted by atomic mass is 32.2. The minimum atomic E-state index is -3.62. The molecule has 0 aliphatic heterocycles. The number of rotatable bonds is 11. The van der Waals surface area contributed by atoms with Gasteiger partial charge in [-0.1, -0.05) is 17.4 Å². The van der Waals surface area contributed by atoms with Crippen molar-refractivity contribution in [3.05, 3.63) is 42.0 Å². The van der Waals surface area contributed by atoms with Crippen LogP contribution < -0.4 is 14.4 Å². The van der Waals surface area contributed by atoms with Gasteiger partial charge in [-0.2, -0.15) is 0 Å². The number of aryl methyl sites for hydroxylation is 1. The number of hydrogen-bond donors (Lipinski definition) is 0. The Labute approximate surface area is 205 Å². The monoisotopic (exact) mass is 505 g/mol. The zero-order chi connectivity index (χ0) is 24.9. The van der Waals surface area contributed by atoms with Crippen LogP contribution in [0.1, 0.15) is 18.4 Å². The second kappa shape index (κ2) is 11.2. The number of hydrogen-bond acceptors (Lipinski definition) is 8. The summed E-state index contributed by atoms with van der Waals surface area (Å²) in [4.78, 5) is 21.8. The van der Waals surface area contributed by atoms with E-state index in [0.29, 0.717) is 28.7 Å². The van der Waals surface area contributed by atoms with Crippen molar-refractivity contribution in [1.82, 2.24) is 9.88 Å². The third-order valence-corrected chi connectivity index (χ3v) is 8.38. The minimum Gasteiger partial charge on any atom is -0.497 e. The van der Waals surface area contributed by atoms with Crippen LogP contribution in [-0.2, 0) is 14.6 Å². The molecule has 0 saturated carbocycles. The molecule has 0 N–H and O–H groups in total. The van der Waals surface area contributed by atoms with Gasteiger partial charge in [0.1, 0.15) is 17.0 Å². The van der Waals surface area contributed by atoms with E-state index in [0.717, 1.165) is 23.2 Å². The Balaban J connectivity index is 1.84. The van der Waals surface area contributed by atoms with Crippen LogP contribution in [-0.4, -0.2) is 71.4 Å². The normalized spacial score (nSPS) is 11.7. The van der Waals surface area contributed by atoms with Crippen molar-refractivity contribution in [2.45, 2.75) is 24.7 Å². The second-order valence-electron chi connectivity index (χ2n) is 8.21. The molecule has 0 bridgehead atoms. The first-order chi connectivity index (χ1) is 16.2. The summed E-state index contributed by atoms with van der Waals surface area (Å²) in [6, 6.07) is 10.0. The fraction of sp³-hybridized carbons (Fsp3) is 0.417. The predicted molar refractivity (Wildman–Crippen MR) is 136 cm³/mol. The molecule has 184 valence electrons. The molecule has 0 unspecified atom stereocenters. The number of carbonyl (C=O) groups is 1. The number of benzene rings is 2. The zero-order valence-corrected chi connectivity index (χ0v) is 21.8. The van der Waals surface area contributed by atoms with Crippen molar-refractivity contribution < 1.29 is 22.7 Å². The van der Waals surface area contributed by atoms with Crippen LogP contribution in [0.25, 0.3) is 10.2 Å². The zero-order valence-electron chi connectivity index (χ0n) is 20.2. The minimum absolute atomic E-state index is 0.137. The molecule has 0 fully saturated rings. The largest absolute Gasteiger partial charge is 0.497 e. The van der Waals surface area contributed by atoms with E-state index in [4.69, 9.17) is 14.5 Å². The van der Waals surface area contributed by atoms with E-state index >= 15 is 0 Å². The molecule has 1 heterocycles. The van der Waals surface area contributed by atoms with E-state index in [1.54, 1.807) is 24.1 Å². The van der Waals surface area contributed by atoms with Crippen molar-refractivity contribution in [2.75, 3.05) is 52.1 Å². The molecule has 3 aromatic rings. The number of sulfone groups is 1. The average Bonchev–Trinajstić information content (AvgIpc) is 3.26. The number of amides is 1. The van der Waals surface area contributed by atoms with Crippen molar-refractivity contribution in [2.24, 2.45) is 0 Å². The maximum absolute atomic E-state index is 13.3. The first-order valence-electron chi connectivity index (χ1n) is 10.9. The molecular formula is C24H31N3O5S2. The van der Waals surface area contributed by atoms with E-state index in [1.165, 1.54) is 30.6 Å². The first kappa shape index (κ1) is 25.9. The summed E-state index contributed by atoms with van der Waals surface area (Å²) >= 11 is 1.42. The Morgan fingerprint density at radius 3 is 2.35 bits per heavy atom. The van der Waals surface area contributed by atoms with Gasteiger partial charge < -0.3 is 14.4 Å². The van der Waals surface area contributed by atoms with Crippen molar-refractivity contribution in [3.63, 3.8) is 0 Å². The Hall–Kier alpha value is -2.69. The van der Waals surface area contributed by atoms with Crippen LogP contribution in [0.2, 0.25) is 0 Å². The molecule has 0 saturated heterocycles. The van der Waals surface area contributed by atoms with Crippen molar-refractivity contribution in [1.29, 1.82) is 0 Å². The Morgan fingerprint density at radius 1 is 1.03 bits per heavy atom. The molecule has 0 spiro atoms. The summed E-state index contributed by atoms with van der Waals surface area (Å²) in [5.74, 6) is 0.663. The van der Waals surface area contributed by atoms with Gasteiger partial charge in [0.15, 0.2) is 15.0 Å². The third-order valence-electron chi connectivity index (χ3n) is 5.43. The standard InChI is InChI=1S/C24H31N3O5S2/c1-17-7-12-20(32-5)22-23(17)33-24(25-22)27(15-6-14-26(2)3)21(28)13-16-34(29,30)19-10-8-18(31-4)9-11-19/h7-12H,6,13-16H2,1-5H3. The van der Waals surface area contributed by atoms with Crippen molar-refractivity contribution in [3.8, 4) is 11.5 Å². The van der Waals surface area contributed by atoms with E-state index in [2.05, 4.69) is 0 Å². The molecule has 0 atom stereocenters. The fourth-order valence-corrected chi connectivity index (χ4v) is 5.83. The lowest BCUT2D eigenvalue weighted by atomic mass is 10.2. The number of methoxy groups -OCH3 is 2. The van der Waals surface area contributed by atoms with Gasteiger partial charge in [0.2, 0.25) is 5.91 Å². The van der Waals surface area contributed by atoms with Gasteiger partial charge in [-0.05, 0) is 69.9 Å².